The van der Waals surface area contributed by atoms with Crippen molar-refractivity contribution in [2.75, 3.05) is 6.61 Å². The van der Waals surface area contributed by atoms with Crippen LogP contribution in [-0.4, -0.2) is 28.8 Å². The molecule has 0 spiro atoms. The van der Waals surface area contributed by atoms with E-state index >= 15 is 0 Å². The quantitative estimate of drug-likeness (QED) is 0.585. The van der Waals surface area contributed by atoms with Gasteiger partial charge < -0.3 is 14.9 Å². The van der Waals surface area contributed by atoms with E-state index in [9.17, 15) is 14.7 Å². The van der Waals surface area contributed by atoms with Gasteiger partial charge in [-0.2, -0.15) is 0 Å². The number of carboxylic acids is 2. The van der Waals surface area contributed by atoms with Gasteiger partial charge in [-0.1, -0.05) is 25.1 Å². The zero-order chi connectivity index (χ0) is 18.4. The predicted octanol–water partition coefficient (Wildman–Crippen LogP) is 4.11. The number of carboxylic acid groups (broad SMARTS) is 2. The summed E-state index contributed by atoms with van der Waals surface area (Å²) < 4.78 is 5.56. The lowest BCUT2D eigenvalue weighted by Gasteiger charge is -2.11. The minimum atomic E-state index is -1.05. The fourth-order valence-electron chi connectivity index (χ4n) is 2.39. The first-order valence-corrected chi connectivity index (χ1v) is 7.94. The summed E-state index contributed by atoms with van der Waals surface area (Å²) in [5.41, 5.74) is 2.31. The number of hydrogen-bond donors (Lipinski definition) is 2. The highest BCUT2D eigenvalue weighted by Crippen LogP contribution is 2.26. The van der Waals surface area contributed by atoms with Crippen LogP contribution in [-0.2, 0) is 4.79 Å². The molecule has 0 atom stereocenters. The summed E-state index contributed by atoms with van der Waals surface area (Å²) in [4.78, 5) is 22.6. The Morgan fingerprint density at radius 3 is 2.28 bits per heavy atom. The summed E-state index contributed by atoms with van der Waals surface area (Å²) in [6.45, 7) is 4.46. The van der Waals surface area contributed by atoms with Gasteiger partial charge in [0.2, 0.25) is 0 Å². The van der Waals surface area contributed by atoms with Gasteiger partial charge in [-0.3, -0.25) is 0 Å². The summed E-state index contributed by atoms with van der Waals surface area (Å²) in [7, 11) is 0. The van der Waals surface area contributed by atoms with E-state index < -0.39 is 11.9 Å². The first-order valence-electron chi connectivity index (χ1n) is 7.94. The van der Waals surface area contributed by atoms with Gasteiger partial charge in [0.25, 0.3) is 0 Å². The highest BCUT2D eigenvalue weighted by Gasteiger charge is 2.14. The van der Waals surface area contributed by atoms with E-state index in [0.29, 0.717) is 23.5 Å². The number of rotatable bonds is 7. The summed E-state index contributed by atoms with van der Waals surface area (Å²) in [6, 6.07) is 11.4. The molecule has 0 saturated heterocycles. The molecule has 0 bridgehead atoms. The molecular formula is C20H20O5. The van der Waals surface area contributed by atoms with Crippen molar-refractivity contribution in [3.05, 3.63) is 64.7 Å². The molecule has 0 fully saturated rings. The first-order chi connectivity index (χ1) is 11.9. The van der Waals surface area contributed by atoms with E-state index in [4.69, 9.17) is 9.84 Å². The van der Waals surface area contributed by atoms with Gasteiger partial charge in [0.1, 0.15) is 5.75 Å². The molecule has 0 aromatic heterocycles. The number of hydrogen-bond acceptors (Lipinski definition) is 3. The number of carbonyl (C=O) groups is 2. The van der Waals surface area contributed by atoms with Gasteiger partial charge in [-0.15, -0.1) is 0 Å². The number of ether oxygens (including phenoxy) is 1. The monoisotopic (exact) mass is 340 g/mol. The van der Waals surface area contributed by atoms with Crippen molar-refractivity contribution >= 4 is 23.6 Å². The summed E-state index contributed by atoms with van der Waals surface area (Å²) >= 11 is 0. The fraction of sp³-hybridized carbons (Fsp3) is 0.200. The number of benzene rings is 2. The Bertz CT molecular complexity index is 803. The molecule has 25 heavy (non-hydrogen) atoms. The molecule has 5 heteroatoms. The Morgan fingerprint density at radius 2 is 1.76 bits per heavy atom. The lowest BCUT2D eigenvalue weighted by Crippen LogP contribution is -2.03. The number of aromatic carboxylic acids is 1. The van der Waals surface area contributed by atoms with Gasteiger partial charge in [-0.05, 0) is 60.4 Å². The van der Waals surface area contributed by atoms with Crippen LogP contribution < -0.4 is 4.74 Å². The summed E-state index contributed by atoms with van der Waals surface area (Å²) in [6.07, 6.45) is 2.43. The van der Waals surface area contributed by atoms with Crippen molar-refractivity contribution < 1.29 is 24.5 Å². The molecule has 0 aliphatic rings. The molecule has 0 unspecified atom stereocenters. The third kappa shape index (κ3) is 4.70. The lowest BCUT2D eigenvalue weighted by atomic mass is 9.98. The molecule has 2 N–H and O–H groups in total. The molecule has 0 radical (unpaired) electrons. The molecule has 5 nitrogen and oxygen atoms in total. The molecule has 0 amide bonds. The van der Waals surface area contributed by atoms with Crippen LogP contribution in [0.5, 0.6) is 5.75 Å². The zero-order valence-electron chi connectivity index (χ0n) is 14.2. The maximum absolute atomic E-state index is 11.7. The van der Waals surface area contributed by atoms with E-state index in [1.165, 1.54) is 18.2 Å². The summed E-state index contributed by atoms with van der Waals surface area (Å²) in [5.74, 6) is -1.36. The minimum absolute atomic E-state index is 0.141. The second kappa shape index (κ2) is 8.15. The van der Waals surface area contributed by atoms with E-state index in [2.05, 4.69) is 0 Å². The van der Waals surface area contributed by atoms with Crippen LogP contribution in [0.2, 0.25) is 0 Å². The normalized spacial score (nSPS) is 11.2. The first kappa shape index (κ1) is 18.3. The Balaban J connectivity index is 2.37. The molecule has 2 aromatic rings. The van der Waals surface area contributed by atoms with Gasteiger partial charge >= 0.3 is 11.9 Å². The van der Waals surface area contributed by atoms with Crippen molar-refractivity contribution in [1.29, 1.82) is 0 Å². The number of aliphatic carboxylic acids is 1. The molecule has 0 aliphatic heterocycles. The lowest BCUT2D eigenvalue weighted by molar-refractivity contribution is -0.130. The van der Waals surface area contributed by atoms with Crippen LogP contribution in [0.4, 0.5) is 0 Å². The topological polar surface area (TPSA) is 83.8 Å². The molecule has 0 heterocycles. The zero-order valence-corrected chi connectivity index (χ0v) is 14.2. The average molecular weight is 340 g/mol. The van der Waals surface area contributed by atoms with Crippen LogP contribution >= 0.6 is 0 Å². The third-order valence-corrected chi connectivity index (χ3v) is 3.66. The van der Waals surface area contributed by atoms with Gasteiger partial charge in [0.05, 0.1) is 17.7 Å². The van der Waals surface area contributed by atoms with Crippen LogP contribution in [0.3, 0.4) is 0 Å². The van der Waals surface area contributed by atoms with Crippen LogP contribution in [0.1, 0.15) is 40.4 Å². The van der Waals surface area contributed by atoms with Gasteiger partial charge in [-0.25, -0.2) is 9.59 Å². The maximum Gasteiger partial charge on any atom is 0.336 e. The molecule has 130 valence electrons. The Kier molecular flexibility index (Phi) is 5.95. The number of aryl methyl sites for hydroxylation is 1. The standard InChI is InChI=1S/C20H20O5/c1-3-10-25-16-8-9-17(13(2)11-16)18(20(23)24)12-14-4-6-15(7-5-14)19(21)22/h4-9,11-12H,3,10H2,1-2H3,(H,21,22)(H,23,24)/b18-12-. The molecule has 2 rings (SSSR count). The van der Waals surface area contributed by atoms with Crippen molar-refractivity contribution in [3.8, 4) is 5.75 Å². The van der Waals surface area contributed by atoms with Gasteiger partial charge in [0.15, 0.2) is 0 Å². The smallest absolute Gasteiger partial charge is 0.336 e. The van der Waals surface area contributed by atoms with E-state index in [-0.39, 0.29) is 11.1 Å². The maximum atomic E-state index is 11.7. The van der Waals surface area contributed by atoms with Crippen LogP contribution in [0.25, 0.3) is 11.6 Å². The van der Waals surface area contributed by atoms with Crippen LogP contribution in [0.15, 0.2) is 42.5 Å². The van der Waals surface area contributed by atoms with E-state index in [1.54, 1.807) is 24.3 Å². The SMILES string of the molecule is CCCOc1ccc(/C(=C/c2ccc(C(=O)O)cc2)C(=O)O)c(C)c1. The van der Waals surface area contributed by atoms with Crippen LogP contribution in [0, 0.1) is 6.92 Å². The third-order valence-electron chi connectivity index (χ3n) is 3.66. The van der Waals surface area contributed by atoms with Crippen molar-refractivity contribution in [3.63, 3.8) is 0 Å². The fourth-order valence-corrected chi connectivity index (χ4v) is 2.39. The molecule has 2 aromatic carbocycles. The highest BCUT2D eigenvalue weighted by atomic mass is 16.5. The molecule has 0 aliphatic carbocycles. The largest absolute Gasteiger partial charge is 0.494 e. The van der Waals surface area contributed by atoms with Crippen molar-refractivity contribution in [1.82, 2.24) is 0 Å². The second-order valence-electron chi connectivity index (χ2n) is 5.62. The molecule has 0 saturated carbocycles. The highest BCUT2D eigenvalue weighted by molar-refractivity contribution is 6.21. The summed E-state index contributed by atoms with van der Waals surface area (Å²) in [5, 5.41) is 18.5. The van der Waals surface area contributed by atoms with Crippen molar-refractivity contribution in [2.24, 2.45) is 0 Å². The Morgan fingerprint density at radius 1 is 1.08 bits per heavy atom. The van der Waals surface area contributed by atoms with E-state index in [1.807, 2.05) is 19.9 Å². The van der Waals surface area contributed by atoms with Crippen molar-refractivity contribution in [2.45, 2.75) is 20.3 Å². The second-order valence-corrected chi connectivity index (χ2v) is 5.62. The predicted molar refractivity (Wildman–Crippen MR) is 95.9 cm³/mol. The Labute approximate surface area is 146 Å². The average Bonchev–Trinajstić information content (AvgIpc) is 2.58. The minimum Gasteiger partial charge on any atom is -0.494 e. The molecular weight excluding hydrogens is 320 g/mol. The van der Waals surface area contributed by atoms with Gasteiger partial charge in [0, 0.05) is 0 Å². The van der Waals surface area contributed by atoms with E-state index in [0.717, 1.165) is 12.0 Å². The Hall–Kier alpha value is -3.08.